The van der Waals surface area contributed by atoms with Crippen LogP contribution in [0, 0.1) is 0 Å². The van der Waals surface area contributed by atoms with Gasteiger partial charge in [0.15, 0.2) is 12.4 Å². The Morgan fingerprint density at radius 2 is 1.89 bits per heavy atom. The Bertz CT molecular complexity index is 934. The van der Waals surface area contributed by atoms with Crippen molar-refractivity contribution >= 4 is 17.6 Å². The lowest BCUT2D eigenvalue weighted by molar-refractivity contribution is -0.123. The number of hydrogen-bond donors (Lipinski definition) is 2. The van der Waals surface area contributed by atoms with Crippen LogP contribution in [-0.2, 0) is 17.8 Å². The van der Waals surface area contributed by atoms with E-state index in [-0.39, 0.29) is 24.2 Å². The van der Waals surface area contributed by atoms with Crippen LogP contribution >= 0.6 is 0 Å². The van der Waals surface area contributed by atoms with Crippen LogP contribution in [0.2, 0.25) is 0 Å². The highest BCUT2D eigenvalue weighted by molar-refractivity contribution is 6.01. The zero-order valence-electron chi connectivity index (χ0n) is 15.5. The maximum Gasteiger partial charge on any atom is 0.258 e. The second-order valence-corrected chi connectivity index (χ2v) is 7.22. The van der Waals surface area contributed by atoms with Gasteiger partial charge in [0.2, 0.25) is 0 Å². The Hall–Kier alpha value is -3.15. The fourth-order valence-corrected chi connectivity index (χ4v) is 3.31. The Labute approximate surface area is 163 Å². The molecule has 0 aliphatic heterocycles. The lowest BCUT2D eigenvalue weighted by Gasteiger charge is -2.11. The van der Waals surface area contributed by atoms with Crippen LogP contribution in [0.15, 0.2) is 42.5 Å². The van der Waals surface area contributed by atoms with Gasteiger partial charge in [0.1, 0.15) is 5.75 Å². The molecule has 2 aromatic carbocycles. The minimum Gasteiger partial charge on any atom is -0.483 e. The number of amides is 2. The average Bonchev–Trinajstić information content (AvgIpc) is 3.45. The standard InChI is InChI=1S/C22H22N2O4/c25-19-10-9-18-17(19)5-2-6-20(18)28-13-21(26)23-12-14-3-1-4-15(11-14)22(27)24-16-7-8-16/h1-6,11,16H,7-10,12-13H2,(H,23,26)(H,24,27). The van der Waals surface area contributed by atoms with Crippen LogP contribution in [0.25, 0.3) is 0 Å². The third kappa shape index (κ3) is 4.22. The fourth-order valence-electron chi connectivity index (χ4n) is 3.31. The van der Waals surface area contributed by atoms with Gasteiger partial charge in [0, 0.05) is 35.7 Å². The van der Waals surface area contributed by atoms with Crippen LogP contribution in [-0.4, -0.2) is 30.2 Å². The van der Waals surface area contributed by atoms with Gasteiger partial charge in [0.05, 0.1) is 0 Å². The van der Waals surface area contributed by atoms with Gasteiger partial charge in [-0.3, -0.25) is 14.4 Å². The number of ketones is 1. The van der Waals surface area contributed by atoms with E-state index in [9.17, 15) is 14.4 Å². The first-order chi connectivity index (χ1) is 13.6. The van der Waals surface area contributed by atoms with Gasteiger partial charge in [-0.25, -0.2) is 0 Å². The number of Topliss-reactive ketones (excluding diaryl/α,β-unsaturated/α-hetero) is 1. The molecule has 2 amide bonds. The molecule has 0 heterocycles. The number of fused-ring (bicyclic) bond motifs is 1. The molecular weight excluding hydrogens is 356 g/mol. The lowest BCUT2D eigenvalue weighted by atomic mass is 10.1. The molecule has 0 spiro atoms. The highest BCUT2D eigenvalue weighted by Gasteiger charge is 2.24. The van der Waals surface area contributed by atoms with E-state index in [2.05, 4.69) is 10.6 Å². The number of ether oxygens (including phenoxy) is 1. The zero-order chi connectivity index (χ0) is 19.5. The first-order valence-electron chi connectivity index (χ1n) is 9.54. The topological polar surface area (TPSA) is 84.5 Å². The highest BCUT2D eigenvalue weighted by atomic mass is 16.5. The molecule has 2 N–H and O–H groups in total. The molecular formula is C22H22N2O4. The summed E-state index contributed by atoms with van der Waals surface area (Å²) in [6.45, 7) is 0.199. The summed E-state index contributed by atoms with van der Waals surface area (Å²) in [5.74, 6) is 0.383. The summed E-state index contributed by atoms with van der Waals surface area (Å²) in [6, 6.07) is 12.9. The lowest BCUT2D eigenvalue weighted by Crippen LogP contribution is -2.29. The number of benzene rings is 2. The molecule has 4 rings (SSSR count). The molecule has 0 unspecified atom stereocenters. The largest absolute Gasteiger partial charge is 0.483 e. The highest BCUT2D eigenvalue weighted by Crippen LogP contribution is 2.30. The smallest absolute Gasteiger partial charge is 0.258 e. The van der Waals surface area contributed by atoms with E-state index in [0.29, 0.717) is 42.3 Å². The van der Waals surface area contributed by atoms with Crippen molar-refractivity contribution in [3.8, 4) is 5.75 Å². The quantitative estimate of drug-likeness (QED) is 0.775. The van der Waals surface area contributed by atoms with E-state index in [1.807, 2.05) is 12.1 Å². The molecule has 2 aliphatic carbocycles. The monoisotopic (exact) mass is 378 g/mol. The summed E-state index contributed by atoms with van der Waals surface area (Å²) in [5, 5.41) is 5.76. The van der Waals surface area contributed by atoms with E-state index in [1.165, 1.54) is 0 Å². The molecule has 6 heteroatoms. The van der Waals surface area contributed by atoms with E-state index in [4.69, 9.17) is 4.74 Å². The summed E-state index contributed by atoms with van der Waals surface area (Å²) >= 11 is 0. The van der Waals surface area contributed by atoms with E-state index in [1.54, 1.807) is 30.3 Å². The maximum atomic E-state index is 12.1. The van der Waals surface area contributed by atoms with Crippen LogP contribution in [0.1, 0.15) is 51.1 Å². The molecule has 0 aromatic heterocycles. The SMILES string of the molecule is O=C(COc1cccc2c1CCC2=O)NCc1cccc(C(=O)NC2CC2)c1. The van der Waals surface area contributed by atoms with Crippen molar-refractivity contribution in [2.24, 2.45) is 0 Å². The summed E-state index contributed by atoms with van der Waals surface area (Å²) in [5.41, 5.74) is 3.02. The molecule has 1 fully saturated rings. The molecule has 28 heavy (non-hydrogen) atoms. The first-order valence-corrected chi connectivity index (χ1v) is 9.54. The fraction of sp³-hybridized carbons (Fsp3) is 0.318. The van der Waals surface area contributed by atoms with E-state index in [0.717, 1.165) is 24.0 Å². The van der Waals surface area contributed by atoms with Crippen molar-refractivity contribution in [3.63, 3.8) is 0 Å². The minimum atomic E-state index is -0.255. The van der Waals surface area contributed by atoms with Crippen molar-refractivity contribution in [3.05, 3.63) is 64.7 Å². The number of carbonyl (C=O) groups is 3. The normalized spacial score (nSPS) is 15.1. The number of hydrogen-bond acceptors (Lipinski definition) is 4. The van der Waals surface area contributed by atoms with Gasteiger partial charge in [-0.2, -0.15) is 0 Å². The van der Waals surface area contributed by atoms with Gasteiger partial charge in [-0.15, -0.1) is 0 Å². The van der Waals surface area contributed by atoms with E-state index < -0.39 is 0 Å². The van der Waals surface area contributed by atoms with Crippen LogP contribution in [0.3, 0.4) is 0 Å². The first kappa shape index (κ1) is 18.2. The van der Waals surface area contributed by atoms with Gasteiger partial charge < -0.3 is 15.4 Å². The minimum absolute atomic E-state index is 0.0773. The zero-order valence-corrected chi connectivity index (χ0v) is 15.5. The van der Waals surface area contributed by atoms with Crippen molar-refractivity contribution in [1.29, 1.82) is 0 Å². The van der Waals surface area contributed by atoms with Gasteiger partial charge >= 0.3 is 0 Å². The van der Waals surface area contributed by atoms with Crippen molar-refractivity contribution in [1.82, 2.24) is 10.6 Å². The molecule has 0 saturated heterocycles. The van der Waals surface area contributed by atoms with Crippen molar-refractivity contribution in [2.75, 3.05) is 6.61 Å². The molecule has 0 atom stereocenters. The third-order valence-electron chi connectivity index (χ3n) is 4.99. The number of nitrogens with one attached hydrogen (secondary N) is 2. The summed E-state index contributed by atoms with van der Waals surface area (Å²) in [4.78, 5) is 36.1. The Morgan fingerprint density at radius 1 is 1.07 bits per heavy atom. The Kier molecular flexibility index (Phi) is 5.10. The van der Waals surface area contributed by atoms with Gasteiger partial charge in [0.25, 0.3) is 11.8 Å². The predicted octanol–water partition coefficient (Wildman–Crippen LogP) is 2.40. The molecule has 2 aromatic rings. The van der Waals surface area contributed by atoms with Gasteiger partial charge in [-0.05, 0) is 43.0 Å². The number of rotatable bonds is 7. The molecule has 144 valence electrons. The molecule has 0 bridgehead atoms. The maximum absolute atomic E-state index is 12.1. The van der Waals surface area contributed by atoms with Crippen LogP contribution in [0.4, 0.5) is 0 Å². The second kappa shape index (κ2) is 7.84. The summed E-state index contributed by atoms with van der Waals surface area (Å²) in [6.07, 6.45) is 3.23. The van der Waals surface area contributed by atoms with Crippen molar-refractivity contribution < 1.29 is 19.1 Å². The average molecular weight is 378 g/mol. The Balaban J connectivity index is 1.29. The van der Waals surface area contributed by atoms with E-state index >= 15 is 0 Å². The summed E-state index contributed by atoms with van der Waals surface area (Å²) in [7, 11) is 0. The Morgan fingerprint density at radius 3 is 2.71 bits per heavy atom. The summed E-state index contributed by atoms with van der Waals surface area (Å²) < 4.78 is 5.63. The van der Waals surface area contributed by atoms with Crippen LogP contribution < -0.4 is 15.4 Å². The van der Waals surface area contributed by atoms with Crippen LogP contribution in [0.5, 0.6) is 5.75 Å². The predicted molar refractivity (Wildman–Crippen MR) is 103 cm³/mol. The number of carbonyl (C=O) groups excluding carboxylic acids is 3. The van der Waals surface area contributed by atoms with Gasteiger partial charge in [-0.1, -0.05) is 24.3 Å². The molecule has 1 saturated carbocycles. The molecule has 6 nitrogen and oxygen atoms in total. The third-order valence-corrected chi connectivity index (χ3v) is 4.99. The van der Waals surface area contributed by atoms with Crippen molar-refractivity contribution in [2.45, 2.75) is 38.3 Å². The molecule has 0 radical (unpaired) electrons. The second-order valence-electron chi connectivity index (χ2n) is 7.22. The molecule has 2 aliphatic rings.